The largest absolute Gasteiger partial charge is 0.356 e. The summed E-state index contributed by atoms with van der Waals surface area (Å²) in [4.78, 5) is 12.5. The summed E-state index contributed by atoms with van der Waals surface area (Å²) < 4.78 is 0. The van der Waals surface area contributed by atoms with Crippen LogP contribution in [0.1, 0.15) is 30.4 Å². The van der Waals surface area contributed by atoms with E-state index >= 15 is 0 Å². The summed E-state index contributed by atoms with van der Waals surface area (Å²) >= 11 is 0. The molecule has 0 aliphatic carbocycles. The third kappa shape index (κ3) is 7.74. The molecular weight excluding hydrogens is 356 g/mol. The third-order valence-corrected chi connectivity index (χ3v) is 5.20. The van der Waals surface area contributed by atoms with E-state index in [2.05, 4.69) is 59.2 Å². The van der Waals surface area contributed by atoms with Gasteiger partial charge >= 0.3 is 0 Å². The van der Waals surface area contributed by atoms with Crippen LogP contribution in [0.4, 0.5) is 0 Å². The molecule has 2 aromatic carbocycles. The molecule has 3 rings (SSSR count). The minimum absolute atomic E-state index is 0. The summed E-state index contributed by atoms with van der Waals surface area (Å²) in [5.74, 6) is 1.09. The Bertz CT molecular complexity index is 615. The number of hydrogen-bond donors (Lipinski definition) is 2. The Hall–Kier alpha value is -1.84. The summed E-state index contributed by atoms with van der Waals surface area (Å²) in [7, 11) is 0. The van der Waals surface area contributed by atoms with E-state index in [1.807, 2.05) is 12.1 Å². The van der Waals surface area contributed by atoms with Crippen molar-refractivity contribution in [2.45, 2.75) is 32.1 Å². The van der Waals surface area contributed by atoms with Gasteiger partial charge in [-0.05, 0) is 61.7 Å². The summed E-state index contributed by atoms with van der Waals surface area (Å²) in [5, 5.41) is 6.59. The van der Waals surface area contributed by atoms with Crippen molar-refractivity contribution < 1.29 is 4.79 Å². The zero-order chi connectivity index (χ0) is 18.0. The maximum Gasteiger partial charge on any atom is 0.220 e. The third-order valence-electron chi connectivity index (χ3n) is 5.20. The molecule has 1 heterocycles. The second-order valence-electron chi connectivity index (χ2n) is 7.47. The monoisotopic (exact) mass is 386 g/mol. The minimum atomic E-state index is 0. The van der Waals surface area contributed by atoms with Crippen molar-refractivity contribution in [3.05, 3.63) is 71.8 Å². The van der Waals surface area contributed by atoms with Crippen molar-refractivity contribution in [3.63, 3.8) is 0 Å². The van der Waals surface area contributed by atoms with Crippen LogP contribution in [0.3, 0.4) is 0 Å². The number of nitrogens with one attached hydrogen (secondary N) is 2. The van der Waals surface area contributed by atoms with Crippen molar-refractivity contribution in [1.29, 1.82) is 0 Å². The Balaban J connectivity index is 0.00000261. The molecule has 2 aromatic rings. The molecule has 3 nitrogen and oxygen atoms in total. The lowest BCUT2D eigenvalue weighted by atomic mass is 9.89. The normalized spacial score (nSPS) is 16.6. The van der Waals surface area contributed by atoms with Crippen LogP contribution in [0, 0.1) is 11.8 Å². The molecule has 1 aliphatic rings. The maximum atomic E-state index is 12.5. The van der Waals surface area contributed by atoms with E-state index in [0.717, 1.165) is 32.5 Å². The van der Waals surface area contributed by atoms with E-state index in [1.54, 1.807) is 0 Å². The molecule has 27 heavy (non-hydrogen) atoms. The van der Waals surface area contributed by atoms with Crippen molar-refractivity contribution >= 4 is 18.3 Å². The summed E-state index contributed by atoms with van der Waals surface area (Å²) in [6.45, 7) is 2.94. The fourth-order valence-electron chi connectivity index (χ4n) is 3.80. The van der Waals surface area contributed by atoms with Crippen LogP contribution in [0.5, 0.6) is 0 Å². The summed E-state index contributed by atoms with van der Waals surface area (Å²) in [6.07, 6.45) is 4.89. The highest BCUT2D eigenvalue weighted by atomic mass is 35.5. The summed E-state index contributed by atoms with van der Waals surface area (Å²) in [5.41, 5.74) is 2.61. The van der Waals surface area contributed by atoms with Crippen LogP contribution in [0.2, 0.25) is 0 Å². The first kappa shape index (κ1) is 21.5. The molecule has 1 aliphatic heterocycles. The average molecular weight is 387 g/mol. The van der Waals surface area contributed by atoms with E-state index in [9.17, 15) is 4.79 Å². The van der Waals surface area contributed by atoms with Gasteiger partial charge in [0, 0.05) is 13.0 Å². The quantitative estimate of drug-likeness (QED) is 0.719. The van der Waals surface area contributed by atoms with Gasteiger partial charge in [0.2, 0.25) is 5.91 Å². The number of carbonyl (C=O) groups excluding carboxylic acids is 1. The summed E-state index contributed by atoms with van der Waals surface area (Å²) in [6, 6.07) is 21.0. The molecule has 0 saturated carbocycles. The predicted molar refractivity (Wildman–Crippen MR) is 114 cm³/mol. The van der Waals surface area contributed by atoms with Crippen molar-refractivity contribution in [2.75, 3.05) is 19.6 Å². The van der Waals surface area contributed by atoms with Gasteiger partial charge in [0.15, 0.2) is 0 Å². The van der Waals surface area contributed by atoms with Gasteiger partial charge in [-0.15, -0.1) is 12.4 Å². The van der Waals surface area contributed by atoms with Crippen LogP contribution >= 0.6 is 12.4 Å². The fraction of sp³-hybridized carbons (Fsp3) is 0.435. The molecular formula is C23H31ClN2O. The first-order chi connectivity index (χ1) is 12.8. The molecule has 0 aromatic heterocycles. The van der Waals surface area contributed by atoms with Crippen molar-refractivity contribution in [2.24, 2.45) is 11.8 Å². The minimum Gasteiger partial charge on any atom is -0.356 e. The molecule has 146 valence electrons. The highest BCUT2D eigenvalue weighted by molar-refractivity contribution is 5.85. The van der Waals surface area contributed by atoms with E-state index in [-0.39, 0.29) is 18.3 Å². The molecule has 0 spiro atoms. The molecule has 2 N–H and O–H groups in total. The number of rotatable bonds is 8. The van der Waals surface area contributed by atoms with E-state index in [1.165, 1.54) is 24.0 Å². The predicted octanol–water partition coefficient (Wildman–Crippen LogP) is 4.02. The van der Waals surface area contributed by atoms with E-state index < -0.39 is 0 Å². The lowest BCUT2D eigenvalue weighted by molar-refractivity contribution is -0.122. The maximum absolute atomic E-state index is 12.5. The average Bonchev–Trinajstić information content (AvgIpc) is 2.69. The standard InChI is InChI=1S/C23H30N2O.ClH/c26-23(25-18-21-12-7-13-24-17-21)16-22(14-19-8-3-1-4-9-19)15-20-10-5-2-6-11-20;/h1-6,8-11,21-22,24H,7,12-18H2,(H,25,26);1H. The lowest BCUT2D eigenvalue weighted by Crippen LogP contribution is -2.38. The number of amides is 1. The highest BCUT2D eigenvalue weighted by Gasteiger charge is 2.18. The van der Waals surface area contributed by atoms with E-state index in [0.29, 0.717) is 18.3 Å². The van der Waals surface area contributed by atoms with Crippen LogP contribution in [-0.2, 0) is 17.6 Å². The lowest BCUT2D eigenvalue weighted by Gasteiger charge is -2.23. The Labute approximate surface area is 169 Å². The molecule has 0 bridgehead atoms. The Morgan fingerprint density at radius 3 is 2.11 bits per heavy atom. The molecule has 0 radical (unpaired) electrons. The van der Waals surface area contributed by atoms with Gasteiger partial charge in [-0.3, -0.25) is 4.79 Å². The van der Waals surface area contributed by atoms with Crippen LogP contribution in [0.25, 0.3) is 0 Å². The zero-order valence-corrected chi connectivity index (χ0v) is 16.7. The number of halogens is 1. The van der Waals surface area contributed by atoms with Gasteiger partial charge in [-0.2, -0.15) is 0 Å². The van der Waals surface area contributed by atoms with Crippen molar-refractivity contribution in [1.82, 2.24) is 10.6 Å². The van der Waals surface area contributed by atoms with Crippen LogP contribution in [0.15, 0.2) is 60.7 Å². The Kier molecular flexibility index (Phi) is 9.37. The van der Waals surface area contributed by atoms with Gasteiger partial charge in [0.25, 0.3) is 0 Å². The molecule has 1 fully saturated rings. The zero-order valence-electron chi connectivity index (χ0n) is 15.9. The van der Waals surface area contributed by atoms with Crippen LogP contribution < -0.4 is 10.6 Å². The molecule has 1 atom stereocenters. The van der Waals surface area contributed by atoms with Gasteiger partial charge < -0.3 is 10.6 Å². The number of benzene rings is 2. The Morgan fingerprint density at radius 1 is 1.00 bits per heavy atom. The number of carbonyl (C=O) groups is 1. The van der Waals surface area contributed by atoms with Gasteiger partial charge in [-0.25, -0.2) is 0 Å². The molecule has 4 heteroatoms. The second-order valence-corrected chi connectivity index (χ2v) is 7.47. The van der Waals surface area contributed by atoms with Crippen molar-refractivity contribution in [3.8, 4) is 0 Å². The Morgan fingerprint density at radius 2 is 1.59 bits per heavy atom. The smallest absolute Gasteiger partial charge is 0.220 e. The van der Waals surface area contributed by atoms with Gasteiger partial charge in [-0.1, -0.05) is 60.7 Å². The second kappa shape index (κ2) is 11.8. The SMILES string of the molecule is Cl.O=C(CC(Cc1ccccc1)Cc1ccccc1)NCC1CCCNC1. The van der Waals surface area contributed by atoms with Crippen LogP contribution in [-0.4, -0.2) is 25.5 Å². The van der Waals surface area contributed by atoms with Gasteiger partial charge in [0.1, 0.15) is 0 Å². The highest BCUT2D eigenvalue weighted by Crippen LogP contribution is 2.18. The van der Waals surface area contributed by atoms with Gasteiger partial charge in [0.05, 0.1) is 0 Å². The first-order valence-electron chi connectivity index (χ1n) is 9.85. The number of hydrogen-bond acceptors (Lipinski definition) is 2. The van der Waals surface area contributed by atoms with E-state index in [4.69, 9.17) is 0 Å². The first-order valence-corrected chi connectivity index (χ1v) is 9.85. The topological polar surface area (TPSA) is 41.1 Å². The number of piperidine rings is 1. The molecule has 1 saturated heterocycles. The fourth-order valence-corrected chi connectivity index (χ4v) is 3.80. The molecule has 1 unspecified atom stereocenters. The molecule has 1 amide bonds.